The fourth-order valence-electron chi connectivity index (χ4n) is 3.14. The number of halogens is 1. The SMILES string of the molecule is Nc1nc2ccc(Cl)cc2n1C1CCCc2sccc21. The largest absolute Gasteiger partial charge is 0.369 e. The van der Waals surface area contributed by atoms with Crippen molar-refractivity contribution in [2.45, 2.75) is 25.3 Å². The summed E-state index contributed by atoms with van der Waals surface area (Å²) in [5.74, 6) is 0.575. The molecule has 3 aromatic rings. The van der Waals surface area contributed by atoms with Crippen LogP contribution in [0.1, 0.15) is 29.3 Å². The number of hydrogen-bond acceptors (Lipinski definition) is 3. The molecule has 2 heterocycles. The third kappa shape index (κ3) is 1.75. The maximum absolute atomic E-state index is 6.17. The summed E-state index contributed by atoms with van der Waals surface area (Å²) in [6, 6.07) is 8.26. The number of nitrogen functional groups attached to an aromatic ring is 1. The van der Waals surface area contributed by atoms with Crippen LogP contribution >= 0.6 is 22.9 Å². The van der Waals surface area contributed by atoms with Gasteiger partial charge in [-0.15, -0.1) is 11.3 Å². The maximum Gasteiger partial charge on any atom is 0.201 e. The van der Waals surface area contributed by atoms with Gasteiger partial charge in [0, 0.05) is 9.90 Å². The van der Waals surface area contributed by atoms with Crippen molar-refractivity contribution < 1.29 is 0 Å². The highest BCUT2D eigenvalue weighted by Gasteiger charge is 2.25. The van der Waals surface area contributed by atoms with E-state index in [0.717, 1.165) is 22.5 Å². The lowest BCUT2D eigenvalue weighted by Gasteiger charge is -2.25. The number of anilines is 1. The van der Waals surface area contributed by atoms with Crippen LogP contribution in [-0.2, 0) is 6.42 Å². The highest BCUT2D eigenvalue weighted by molar-refractivity contribution is 7.10. The second kappa shape index (κ2) is 4.50. The Balaban J connectivity index is 1.96. The van der Waals surface area contributed by atoms with Gasteiger partial charge in [-0.2, -0.15) is 0 Å². The first-order valence-electron chi connectivity index (χ1n) is 6.73. The van der Waals surface area contributed by atoms with E-state index in [-0.39, 0.29) is 6.04 Å². The van der Waals surface area contributed by atoms with Crippen molar-refractivity contribution in [1.29, 1.82) is 0 Å². The van der Waals surface area contributed by atoms with Gasteiger partial charge in [0.15, 0.2) is 0 Å². The molecule has 5 heteroatoms. The Kier molecular flexibility index (Phi) is 2.75. The lowest BCUT2D eigenvalue weighted by Crippen LogP contribution is -2.17. The molecule has 0 aliphatic heterocycles. The standard InChI is InChI=1S/C15H14ClN3S/c16-9-4-5-11-13(8-9)19(15(17)18-11)12-2-1-3-14-10(12)6-7-20-14/h4-8,12H,1-3H2,(H2,17,18). The van der Waals surface area contributed by atoms with Crippen LogP contribution in [0, 0.1) is 0 Å². The first kappa shape index (κ1) is 12.2. The number of imidazole rings is 1. The molecule has 3 nitrogen and oxygen atoms in total. The van der Waals surface area contributed by atoms with Gasteiger partial charge in [-0.3, -0.25) is 0 Å². The van der Waals surface area contributed by atoms with Gasteiger partial charge in [0.1, 0.15) is 0 Å². The number of aromatic nitrogens is 2. The number of hydrogen-bond donors (Lipinski definition) is 1. The van der Waals surface area contributed by atoms with Crippen molar-refractivity contribution in [2.75, 3.05) is 5.73 Å². The Labute approximate surface area is 126 Å². The Morgan fingerprint density at radius 2 is 2.25 bits per heavy atom. The number of nitrogens with zero attached hydrogens (tertiary/aromatic N) is 2. The Hall–Kier alpha value is -1.52. The first-order chi connectivity index (χ1) is 9.74. The molecule has 0 spiro atoms. The first-order valence-corrected chi connectivity index (χ1v) is 7.99. The molecule has 0 amide bonds. The Morgan fingerprint density at radius 1 is 1.35 bits per heavy atom. The lowest BCUT2D eigenvalue weighted by atomic mass is 9.93. The third-order valence-electron chi connectivity index (χ3n) is 4.01. The normalized spacial score (nSPS) is 18.4. The average molecular weight is 304 g/mol. The summed E-state index contributed by atoms with van der Waals surface area (Å²) in [7, 11) is 0. The van der Waals surface area contributed by atoms with Crippen LogP contribution in [0.4, 0.5) is 5.95 Å². The summed E-state index contributed by atoms with van der Waals surface area (Å²) in [5.41, 5.74) is 9.51. The number of benzene rings is 1. The molecule has 102 valence electrons. The van der Waals surface area contributed by atoms with Crippen molar-refractivity contribution in [1.82, 2.24) is 9.55 Å². The van der Waals surface area contributed by atoms with Gasteiger partial charge in [-0.25, -0.2) is 4.98 Å². The molecule has 1 aromatic carbocycles. The highest BCUT2D eigenvalue weighted by Crippen LogP contribution is 2.39. The monoisotopic (exact) mass is 303 g/mol. The second-order valence-electron chi connectivity index (χ2n) is 5.18. The van der Waals surface area contributed by atoms with Crippen LogP contribution < -0.4 is 5.73 Å². The van der Waals surface area contributed by atoms with E-state index in [9.17, 15) is 0 Å². The van der Waals surface area contributed by atoms with Crippen LogP contribution in [0.5, 0.6) is 0 Å². The van der Waals surface area contributed by atoms with E-state index in [1.165, 1.54) is 23.3 Å². The molecule has 0 saturated carbocycles. The van der Waals surface area contributed by atoms with Gasteiger partial charge in [0.2, 0.25) is 5.95 Å². The number of aryl methyl sites for hydroxylation is 1. The summed E-state index contributed by atoms with van der Waals surface area (Å²) in [4.78, 5) is 5.95. The Morgan fingerprint density at radius 3 is 3.15 bits per heavy atom. The van der Waals surface area contributed by atoms with E-state index >= 15 is 0 Å². The van der Waals surface area contributed by atoms with E-state index in [1.807, 2.05) is 29.5 Å². The highest BCUT2D eigenvalue weighted by atomic mass is 35.5. The molecule has 0 radical (unpaired) electrons. The molecule has 0 bridgehead atoms. The number of rotatable bonds is 1. The topological polar surface area (TPSA) is 43.8 Å². The molecule has 1 aliphatic carbocycles. The quantitative estimate of drug-likeness (QED) is 0.730. The van der Waals surface area contributed by atoms with Gasteiger partial charge in [0.05, 0.1) is 17.1 Å². The van der Waals surface area contributed by atoms with Crippen LogP contribution in [0.2, 0.25) is 5.02 Å². The minimum atomic E-state index is 0.286. The smallest absolute Gasteiger partial charge is 0.201 e. The molecular weight excluding hydrogens is 290 g/mol. The maximum atomic E-state index is 6.17. The van der Waals surface area contributed by atoms with E-state index < -0.39 is 0 Å². The van der Waals surface area contributed by atoms with E-state index in [2.05, 4.69) is 21.0 Å². The molecule has 2 N–H and O–H groups in total. The van der Waals surface area contributed by atoms with E-state index in [1.54, 1.807) is 0 Å². The molecular formula is C15H14ClN3S. The van der Waals surface area contributed by atoms with Crippen molar-refractivity contribution in [2.24, 2.45) is 0 Å². The summed E-state index contributed by atoms with van der Waals surface area (Å²) < 4.78 is 2.14. The second-order valence-corrected chi connectivity index (χ2v) is 6.62. The molecule has 1 atom stereocenters. The molecule has 2 aromatic heterocycles. The van der Waals surface area contributed by atoms with E-state index in [4.69, 9.17) is 17.3 Å². The predicted molar refractivity (Wildman–Crippen MR) is 84.6 cm³/mol. The molecule has 4 rings (SSSR count). The minimum absolute atomic E-state index is 0.286. The summed E-state index contributed by atoms with van der Waals surface area (Å²) >= 11 is 7.98. The van der Waals surface area contributed by atoms with Gasteiger partial charge >= 0.3 is 0 Å². The third-order valence-corrected chi connectivity index (χ3v) is 5.24. The molecule has 1 aliphatic rings. The zero-order valence-corrected chi connectivity index (χ0v) is 12.4. The number of thiophene rings is 1. The van der Waals surface area contributed by atoms with Crippen LogP contribution in [0.15, 0.2) is 29.6 Å². The van der Waals surface area contributed by atoms with Crippen molar-refractivity contribution in [3.8, 4) is 0 Å². The van der Waals surface area contributed by atoms with Crippen LogP contribution in [0.25, 0.3) is 11.0 Å². The van der Waals surface area contributed by atoms with Crippen molar-refractivity contribution in [3.05, 3.63) is 45.1 Å². The average Bonchev–Trinajstić information content (AvgIpc) is 3.02. The van der Waals surface area contributed by atoms with Gasteiger partial charge < -0.3 is 10.3 Å². The molecule has 0 fully saturated rings. The minimum Gasteiger partial charge on any atom is -0.369 e. The molecule has 20 heavy (non-hydrogen) atoms. The summed E-state index contributed by atoms with van der Waals surface area (Å²) in [6.07, 6.45) is 3.47. The van der Waals surface area contributed by atoms with Gasteiger partial charge in [-0.1, -0.05) is 11.6 Å². The van der Waals surface area contributed by atoms with Crippen LogP contribution in [-0.4, -0.2) is 9.55 Å². The lowest BCUT2D eigenvalue weighted by molar-refractivity contribution is 0.510. The van der Waals surface area contributed by atoms with Crippen molar-refractivity contribution >= 4 is 39.9 Å². The van der Waals surface area contributed by atoms with Crippen LogP contribution in [0.3, 0.4) is 0 Å². The zero-order chi connectivity index (χ0) is 13.7. The fourth-order valence-corrected chi connectivity index (χ4v) is 4.29. The summed E-state index contributed by atoms with van der Waals surface area (Å²) in [6.45, 7) is 0. The van der Waals surface area contributed by atoms with Gasteiger partial charge in [-0.05, 0) is 54.5 Å². The molecule has 1 unspecified atom stereocenters. The number of nitrogens with two attached hydrogens (primary N) is 1. The van der Waals surface area contributed by atoms with Gasteiger partial charge in [0.25, 0.3) is 0 Å². The molecule has 0 saturated heterocycles. The number of fused-ring (bicyclic) bond motifs is 2. The van der Waals surface area contributed by atoms with E-state index in [0.29, 0.717) is 5.95 Å². The fraction of sp³-hybridized carbons (Fsp3) is 0.267. The zero-order valence-electron chi connectivity index (χ0n) is 10.8. The van der Waals surface area contributed by atoms with Crippen molar-refractivity contribution in [3.63, 3.8) is 0 Å². The summed E-state index contributed by atoms with van der Waals surface area (Å²) in [5, 5.41) is 2.89. The Bertz CT molecular complexity index is 790. The predicted octanol–water partition coefficient (Wildman–Crippen LogP) is 4.26.